The second kappa shape index (κ2) is 13.2. The van der Waals surface area contributed by atoms with Gasteiger partial charge in [0.05, 0.1) is 5.41 Å². The second-order valence-corrected chi connectivity index (χ2v) is 17.5. The second-order valence-electron chi connectivity index (χ2n) is 16.4. The molecule has 0 unspecified atom stereocenters. The molecule has 61 heavy (non-hydrogen) atoms. The van der Waals surface area contributed by atoms with Gasteiger partial charge in [-0.05, 0) is 132 Å². The molecule has 0 radical (unpaired) electrons. The van der Waals surface area contributed by atoms with Crippen LogP contribution in [-0.4, -0.2) is 0 Å². The van der Waals surface area contributed by atoms with Crippen LogP contribution in [-0.2, 0) is 5.41 Å². The molecule has 2 heteroatoms. The summed E-state index contributed by atoms with van der Waals surface area (Å²) in [6, 6.07) is 83.7. The summed E-state index contributed by atoms with van der Waals surface area (Å²) in [4.78, 5) is 2.47. The number of hydrogen-bond donors (Lipinski definition) is 0. The summed E-state index contributed by atoms with van der Waals surface area (Å²) in [5, 5.41) is 5.12. The third-order valence-corrected chi connectivity index (χ3v) is 14.4. The lowest BCUT2D eigenvalue weighted by Crippen LogP contribution is -2.26. The summed E-state index contributed by atoms with van der Waals surface area (Å²) < 4.78 is 2.64. The lowest BCUT2D eigenvalue weighted by Gasteiger charge is -2.32. The largest absolute Gasteiger partial charge is 0.310 e. The van der Waals surface area contributed by atoms with E-state index in [9.17, 15) is 0 Å². The zero-order valence-corrected chi connectivity index (χ0v) is 34.0. The fourth-order valence-electron chi connectivity index (χ4n) is 10.7. The number of nitrogens with zero attached hydrogens (tertiary/aromatic N) is 1. The van der Waals surface area contributed by atoms with Crippen molar-refractivity contribution < 1.29 is 0 Å². The van der Waals surface area contributed by atoms with E-state index in [4.69, 9.17) is 0 Å². The number of benzene rings is 10. The van der Waals surface area contributed by atoms with E-state index in [0.717, 1.165) is 17.1 Å². The van der Waals surface area contributed by atoms with Crippen LogP contribution < -0.4 is 4.90 Å². The fourth-order valence-corrected chi connectivity index (χ4v) is 11.8. The van der Waals surface area contributed by atoms with Crippen molar-refractivity contribution in [2.24, 2.45) is 0 Å². The Bertz CT molecular complexity index is 3500. The molecule has 0 atom stereocenters. The first kappa shape index (κ1) is 34.4. The van der Waals surface area contributed by atoms with E-state index >= 15 is 0 Å². The summed E-state index contributed by atoms with van der Waals surface area (Å²) in [7, 11) is 0. The van der Waals surface area contributed by atoms with Gasteiger partial charge >= 0.3 is 0 Å². The van der Waals surface area contributed by atoms with Gasteiger partial charge in [-0.2, -0.15) is 0 Å². The maximum absolute atomic E-state index is 2.50. The highest BCUT2D eigenvalue weighted by Crippen LogP contribution is 2.63. The molecule has 10 aromatic carbocycles. The van der Waals surface area contributed by atoms with Crippen molar-refractivity contribution >= 4 is 59.3 Å². The minimum atomic E-state index is -0.438. The molecular formula is C59H37NS. The summed E-state index contributed by atoms with van der Waals surface area (Å²) >= 11 is 1.86. The van der Waals surface area contributed by atoms with Crippen LogP contribution in [0.1, 0.15) is 22.3 Å². The Balaban J connectivity index is 1.04. The van der Waals surface area contributed by atoms with Gasteiger partial charge in [-0.1, -0.05) is 170 Å². The lowest BCUT2D eigenvalue weighted by molar-refractivity contribution is 0.793. The quantitative estimate of drug-likeness (QED) is 0.168. The summed E-state index contributed by atoms with van der Waals surface area (Å²) in [5.41, 5.74) is 18.3. The highest BCUT2D eigenvalue weighted by atomic mass is 32.1. The van der Waals surface area contributed by atoms with Crippen LogP contribution >= 0.6 is 11.3 Å². The van der Waals surface area contributed by atoms with Gasteiger partial charge in [0.1, 0.15) is 0 Å². The van der Waals surface area contributed by atoms with Crippen LogP contribution in [0.25, 0.3) is 75.5 Å². The number of rotatable bonds is 5. The van der Waals surface area contributed by atoms with Crippen LogP contribution in [0.5, 0.6) is 0 Å². The van der Waals surface area contributed by atoms with Crippen LogP contribution in [0, 0.1) is 0 Å². The molecule has 1 aromatic heterocycles. The summed E-state index contributed by atoms with van der Waals surface area (Å²) in [6.45, 7) is 0. The van der Waals surface area contributed by atoms with Crippen LogP contribution in [0.2, 0.25) is 0 Å². The highest BCUT2D eigenvalue weighted by Gasteiger charge is 2.51. The normalized spacial score (nSPS) is 13.0. The first-order valence-electron chi connectivity index (χ1n) is 21.1. The average Bonchev–Trinajstić information content (AvgIpc) is 3.95. The number of anilines is 3. The summed E-state index contributed by atoms with van der Waals surface area (Å²) in [6.07, 6.45) is 0. The predicted molar refractivity (Wildman–Crippen MR) is 259 cm³/mol. The number of thiophene rings is 1. The van der Waals surface area contributed by atoms with E-state index in [2.05, 4.69) is 229 Å². The van der Waals surface area contributed by atoms with Gasteiger partial charge in [-0.3, -0.25) is 0 Å². The van der Waals surface area contributed by atoms with Gasteiger partial charge in [0, 0.05) is 37.2 Å². The van der Waals surface area contributed by atoms with Crippen LogP contribution in [0.3, 0.4) is 0 Å². The molecule has 0 aliphatic heterocycles. The predicted octanol–water partition coefficient (Wildman–Crippen LogP) is 16.4. The number of hydrogen-bond acceptors (Lipinski definition) is 2. The molecule has 2 aliphatic rings. The van der Waals surface area contributed by atoms with Crippen molar-refractivity contribution in [3.8, 4) is 44.5 Å². The fraction of sp³-hybridized carbons (Fsp3) is 0.0169. The molecule has 284 valence electrons. The molecule has 0 amide bonds. The topological polar surface area (TPSA) is 3.24 Å². The smallest absolute Gasteiger partial charge is 0.0726 e. The first-order valence-corrected chi connectivity index (χ1v) is 21.9. The molecule has 1 spiro atoms. The minimum absolute atomic E-state index is 0.438. The molecule has 1 nitrogen and oxygen atoms in total. The van der Waals surface area contributed by atoms with Gasteiger partial charge in [0.15, 0.2) is 0 Å². The van der Waals surface area contributed by atoms with Crippen molar-refractivity contribution in [3.05, 3.63) is 247 Å². The Morgan fingerprint density at radius 2 is 0.803 bits per heavy atom. The SMILES string of the molecule is c1cc(-c2ccc3sc4ccccc4c3c2)cc(N(c2cccc(-c3cccc4ccccc34)c2)c2ccc3c(c2)C2(c4ccccc4-c4ccccc42)c2ccccc2-3)c1. The third-order valence-electron chi connectivity index (χ3n) is 13.3. The standard InChI is InChI=1S/C59H37NS/c1-2-20-45-38(14-1)15-13-25-46(45)41-17-12-19-43(35-41)60(42-18-11-16-39(34-42)40-30-33-58-52(36-40)51-24-6-10-29-57(51)61-58)44-31-32-50-49-23-5-9-28-55(49)59(56(50)37-44)53-26-7-3-21-47(53)48-22-4-8-27-54(48)59/h1-37H. The average molecular weight is 792 g/mol. The monoisotopic (exact) mass is 791 g/mol. The zero-order valence-electron chi connectivity index (χ0n) is 33.2. The molecule has 13 rings (SSSR count). The summed E-state index contributed by atoms with van der Waals surface area (Å²) in [5.74, 6) is 0. The molecule has 1 heterocycles. The minimum Gasteiger partial charge on any atom is -0.310 e. The molecule has 0 saturated carbocycles. The van der Waals surface area contributed by atoms with Crippen molar-refractivity contribution in [1.29, 1.82) is 0 Å². The maximum Gasteiger partial charge on any atom is 0.0726 e. The van der Waals surface area contributed by atoms with E-state index in [0.29, 0.717) is 0 Å². The molecular weight excluding hydrogens is 755 g/mol. The van der Waals surface area contributed by atoms with E-state index < -0.39 is 5.41 Å². The van der Waals surface area contributed by atoms with Crippen molar-refractivity contribution in [3.63, 3.8) is 0 Å². The Hall–Kier alpha value is -7.52. The molecule has 0 saturated heterocycles. The van der Waals surface area contributed by atoms with Crippen molar-refractivity contribution in [2.45, 2.75) is 5.41 Å². The maximum atomic E-state index is 2.50. The Morgan fingerprint density at radius 3 is 1.54 bits per heavy atom. The van der Waals surface area contributed by atoms with Crippen LogP contribution in [0.4, 0.5) is 17.1 Å². The lowest BCUT2D eigenvalue weighted by atomic mass is 9.70. The molecule has 0 fully saturated rings. The van der Waals surface area contributed by atoms with Crippen molar-refractivity contribution in [1.82, 2.24) is 0 Å². The van der Waals surface area contributed by atoms with E-state index in [-0.39, 0.29) is 0 Å². The Morgan fingerprint density at radius 1 is 0.295 bits per heavy atom. The Labute approximate surface area is 359 Å². The third kappa shape index (κ3) is 5.00. The van der Waals surface area contributed by atoms with E-state index in [1.54, 1.807) is 0 Å². The highest BCUT2D eigenvalue weighted by molar-refractivity contribution is 7.25. The number of fused-ring (bicyclic) bond motifs is 14. The van der Waals surface area contributed by atoms with Gasteiger partial charge < -0.3 is 4.90 Å². The molecule has 0 bridgehead atoms. The van der Waals surface area contributed by atoms with Gasteiger partial charge in [-0.25, -0.2) is 0 Å². The van der Waals surface area contributed by atoms with Crippen molar-refractivity contribution in [2.75, 3.05) is 4.90 Å². The zero-order chi connectivity index (χ0) is 40.1. The van der Waals surface area contributed by atoms with E-state index in [1.165, 1.54) is 97.7 Å². The molecule has 0 N–H and O–H groups in total. The van der Waals surface area contributed by atoms with E-state index in [1.807, 2.05) is 11.3 Å². The first-order chi connectivity index (χ1) is 30.2. The Kier molecular flexibility index (Phi) is 7.46. The van der Waals surface area contributed by atoms with Gasteiger partial charge in [0.25, 0.3) is 0 Å². The molecule has 2 aliphatic carbocycles. The van der Waals surface area contributed by atoms with Gasteiger partial charge in [0.2, 0.25) is 0 Å². The molecule has 11 aromatic rings. The van der Waals surface area contributed by atoms with Crippen LogP contribution in [0.15, 0.2) is 224 Å². The van der Waals surface area contributed by atoms with Gasteiger partial charge in [-0.15, -0.1) is 11.3 Å².